The lowest BCUT2D eigenvalue weighted by molar-refractivity contribution is 0.0733. The van der Waals surface area contributed by atoms with Crippen LogP contribution >= 0.6 is 0 Å². The Morgan fingerprint density at radius 2 is 1.95 bits per heavy atom. The van der Waals surface area contributed by atoms with E-state index in [-0.39, 0.29) is 5.91 Å². The fourth-order valence-electron chi connectivity index (χ4n) is 5.10. The molecule has 1 amide bonds. The summed E-state index contributed by atoms with van der Waals surface area (Å²) in [4.78, 5) is 15.4. The molecule has 2 aliphatic rings. The van der Waals surface area contributed by atoms with Crippen LogP contribution in [0.4, 0.5) is 0 Å². The number of hydrogen-bond donors (Lipinski definition) is 0. The molecule has 194 valence electrons. The molecule has 0 unspecified atom stereocenters. The van der Waals surface area contributed by atoms with E-state index in [0.29, 0.717) is 37.8 Å². The molecule has 2 aliphatic heterocycles. The SMILES string of the molecule is Cc1ccccc1-c1cc2c(c(OC[C@H]3CCOC3)c1)OCCN(C(=O)c1ccc(-n3cccn3)cc1)C2. The topological polar surface area (TPSA) is 65.8 Å². The summed E-state index contributed by atoms with van der Waals surface area (Å²) in [5.74, 6) is 1.80. The standard InChI is InChI=1S/C31H31N3O4/c1-22-5-2-3-6-28(22)25-17-26-19-33(31(35)24-7-9-27(10-8-24)34-13-4-12-32-34)14-16-37-30(26)29(18-25)38-21-23-11-15-36-20-23/h2-10,12-13,17-18,23H,11,14-16,19-21H2,1H3/t23-/m0/s1. The van der Waals surface area contributed by atoms with Gasteiger partial charge in [-0.2, -0.15) is 5.10 Å². The number of carbonyl (C=O) groups excluding carboxylic acids is 1. The smallest absolute Gasteiger partial charge is 0.254 e. The fraction of sp³-hybridized carbons (Fsp3) is 0.290. The molecular weight excluding hydrogens is 478 g/mol. The van der Waals surface area contributed by atoms with Crippen LogP contribution in [0.3, 0.4) is 0 Å². The Kier molecular flexibility index (Phi) is 6.84. The van der Waals surface area contributed by atoms with Crippen molar-refractivity contribution in [3.8, 4) is 28.3 Å². The van der Waals surface area contributed by atoms with Gasteiger partial charge >= 0.3 is 0 Å². The van der Waals surface area contributed by atoms with Gasteiger partial charge < -0.3 is 19.1 Å². The van der Waals surface area contributed by atoms with Crippen LogP contribution in [0.1, 0.15) is 27.9 Å². The Hall–Kier alpha value is -4.10. The number of ether oxygens (including phenoxy) is 3. The quantitative estimate of drug-likeness (QED) is 0.353. The van der Waals surface area contributed by atoms with Crippen LogP contribution in [0, 0.1) is 12.8 Å². The molecule has 38 heavy (non-hydrogen) atoms. The summed E-state index contributed by atoms with van der Waals surface area (Å²) >= 11 is 0. The van der Waals surface area contributed by atoms with Gasteiger partial charge in [-0.3, -0.25) is 4.79 Å². The lowest BCUT2D eigenvalue weighted by atomic mass is 9.97. The van der Waals surface area contributed by atoms with Crippen molar-refractivity contribution in [2.24, 2.45) is 5.92 Å². The van der Waals surface area contributed by atoms with Crippen molar-refractivity contribution in [1.82, 2.24) is 14.7 Å². The molecule has 1 saturated heterocycles. The van der Waals surface area contributed by atoms with E-state index in [1.807, 2.05) is 53.6 Å². The molecule has 0 N–H and O–H groups in total. The van der Waals surface area contributed by atoms with Crippen LogP contribution in [-0.4, -0.2) is 53.6 Å². The van der Waals surface area contributed by atoms with Crippen LogP contribution in [0.5, 0.6) is 11.5 Å². The molecule has 6 rings (SSSR count). The summed E-state index contributed by atoms with van der Waals surface area (Å²) in [5.41, 5.74) is 5.87. The van der Waals surface area contributed by atoms with Gasteiger partial charge in [-0.05, 0) is 72.5 Å². The highest BCUT2D eigenvalue weighted by molar-refractivity contribution is 5.94. The van der Waals surface area contributed by atoms with Gasteiger partial charge in [0.1, 0.15) is 6.61 Å². The van der Waals surface area contributed by atoms with Gasteiger partial charge in [0, 0.05) is 42.6 Å². The van der Waals surface area contributed by atoms with Crippen molar-refractivity contribution in [2.45, 2.75) is 19.9 Å². The number of aryl methyl sites for hydroxylation is 1. The van der Waals surface area contributed by atoms with Gasteiger partial charge in [-0.1, -0.05) is 24.3 Å². The van der Waals surface area contributed by atoms with Crippen LogP contribution in [-0.2, 0) is 11.3 Å². The van der Waals surface area contributed by atoms with Gasteiger partial charge in [0.15, 0.2) is 11.5 Å². The molecule has 3 heterocycles. The Labute approximate surface area is 222 Å². The molecule has 4 aromatic rings. The number of rotatable bonds is 6. The molecule has 1 aromatic heterocycles. The number of carbonyl (C=O) groups is 1. The van der Waals surface area contributed by atoms with E-state index in [0.717, 1.165) is 53.5 Å². The highest BCUT2D eigenvalue weighted by Gasteiger charge is 2.26. The van der Waals surface area contributed by atoms with Crippen LogP contribution in [0.2, 0.25) is 0 Å². The first kappa shape index (κ1) is 24.2. The maximum absolute atomic E-state index is 13.6. The molecule has 7 nitrogen and oxygen atoms in total. The molecule has 3 aromatic carbocycles. The van der Waals surface area contributed by atoms with Crippen LogP contribution < -0.4 is 9.47 Å². The first-order chi connectivity index (χ1) is 18.7. The molecule has 1 atom stereocenters. The lowest BCUT2D eigenvalue weighted by Gasteiger charge is -2.21. The lowest BCUT2D eigenvalue weighted by Crippen LogP contribution is -2.32. The van der Waals surface area contributed by atoms with Crippen molar-refractivity contribution >= 4 is 5.91 Å². The summed E-state index contributed by atoms with van der Waals surface area (Å²) in [6.45, 7) is 5.53. The molecule has 7 heteroatoms. The number of benzene rings is 3. The van der Waals surface area contributed by atoms with Crippen LogP contribution in [0.25, 0.3) is 16.8 Å². The van der Waals surface area contributed by atoms with E-state index in [2.05, 4.69) is 36.3 Å². The second kappa shape index (κ2) is 10.7. The maximum atomic E-state index is 13.6. The Morgan fingerprint density at radius 3 is 2.71 bits per heavy atom. The van der Waals surface area contributed by atoms with Crippen molar-refractivity contribution < 1.29 is 19.0 Å². The van der Waals surface area contributed by atoms with Crippen molar-refractivity contribution in [3.63, 3.8) is 0 Å². The Morgan fingerprint density at radius 1 is 1.08 bits per heavy atom. The monoisotopic (exact) mass is 509 g/mol. The summed E-state index contributed by atoms with van der Waals surface area (Å²) < 4.78 is 19.9. The zero-order chi connectivity index (χ0) is 25.9. The zero-order valence-corrected chi connectivity index (χ0v) is 21.5. The van der Waals surface area contributed by atoms with Crippen molar-refractivity contribution in [3.05, 3.63) is 95.8 Å². The third-order valence-corrected chi connectivity index (χ3v) is 7.23. The number of hydrogen-bond acceptors (Lipinski definition) is 5. The Bertz CT molecular complexity index is 1410. The fourth-order valence-corrected chi connectivity index (χ4v) is 5.10. The van der Waals surface area contributed by atoms with E-state index >= 15 is 0 Å². The normalized spacial score (nSPS) is 17.0. The molecular formula is C31H31N3O4. The van der Waals surface area contributed by atoms with Gasteiger partial charge in [0.05, 0.1) is 25.4 Å². The van der Waals surface area contributed by atoms with Crippen molar-refractivity contribution in [2.75, 3.05) is 33.0 Å². The summed E-state index contributed by atoms with van der Waals surface area (Å²) in [5, 5.41) is 4.26. The predicted molar refractivity (Wildman–Crippen MR) is 145 cm³/mol. The van der Waals surface area contributed by atoms with E-state index < -0.39 is 0 Å². The van der Waals surface area contributed by atoms with E-state index in [9.17, 15) is 4.79 Å². The second-order valence-electron chi connectivity index (χ2n) is 9.89. The Balaban J connectivity index is 1.30. The molecule has 0 spiro atoms. The molecule has 0 saturated carbocycles. The molecule has 1 fully saturated rings. The van der Waals surface area contributed by atoms with Gasteiger partial charge in [-0.25, -0.2) is 4.68 Å². The first-order valence-electron chi connectivity index (χ1n) is 13.1. The second-order valence-corrected chi connectivity index (χ2v) is 9.89. The predicted octanol–water partition coefficient (Wildman–Crippen LogP) is 5.30. The van der Waals surface area contributed by atoms with Crippen LogP contribution in [0.15, 0.2) is 79.1 Å². The van der Waals surface area contributed by atoms with Crippen molar-refractivity contribution in [1.29, 1.82) is 0 Å². The number of nitrogens with zero attached hydrogens (tertiary/aromatic N) is 3. The maximum Gasteiger partial charge on any atom is 0.254 e. The zero-order valence-electron chi connectivity index (χ0n) is 21.5. The summed E-state index contributed by atoms with van der Waals surface area (Å²) in [6, 6.07) is 21.9. The van der Waals surface area contributed by atoms with E-state index in [1.165, 1.54) is 5.56 Å². The molecule has 0 aliphatic carbocycles. The highest BCUT2D eigenvalue weighted by Crippen LogP contribution is 2.40. The van der Waals surface area contributed by atoms with Gasteiger partial charge in [-0.15, -0.1) is 0 Å². The summed E-state index contributed by atoms with van der Waals surface area (Å²) in [6.07, 6.45) is 4.62. The minimum atomic E-state index is -0.0275. The molecule has 0 radical (unpaired) electrons. The number of aromatic nitrogens is 2. The van der Waals surface area contributed by atoms with E-state index in [1.54, 1.807) is 10.9 Å². The average molecular weight is 510 g/mol. The number of amides is 1. The third-order valence-electron chi connectivity index (χ3n) is 7.23. The molecule has 0 bridgehead atoms. The highest BCUT2D eigenvalue weighted by atomic mass is 16.5. The third kappa shape index (κ3) is 5.02. The number of fused-ring (bicyclic) bond motifs is 1. The van der Waals surface area contributed by atoms with Gasteiger partial charge in [0.2, 0.25) is 0 Å². The van der Waals surface area contributed by atoms with E-state index in [4.69, 9.17) is 14.2 Å². The average Bonchev–Trinajstić information content (AvgIpc) is 3.63. The first-order valence-corrected chi connectivity index (χ1v) is 13.1. The van der Waals surface area contributed by atoms with Gasteiger partial charge in [0.25, 0.3) is 5.91 Å². The summed E-state index contributed by atoms with van der Waals surface area (Å²) in [7, 11) is 0. The largest absolute Gasteiger partial charge is 0.489 e. The minimum Gasteiger partial charge on any atom is -0.489 e. The minimum absolute atomic E-state index is 0.0275.